The fourth-order valence-electron chi connectivity index (χ4n) is 5.35. The van der Waals surface area contributed by atoms with Crippen LogP contribution in [0.3, 0.4) is 0 Å². The molecular formula is C25H36N4O4. The molecule has 2 atom stereocenters. The molecule has 8 nitrogen and oxygen atoms in total. The fraction of sp³-hybridized carbons (Fsp3) is 0.640. The lowest BCUT2D eigenvalue weighted by molar-refractivity contribution is -0.144. The Morgan fingerprint density at radius 2 is 2.03 bits per heavy atom. The maximum absolute atomic E-state index is 13.3. The average Bonchev–Trinajstić information content (AvgIpc) is 3.15. The first-order chi connectivity index (χ1) is 16.0. The second-order valence-corrected chi connectivity index (χ2v) is 9.50. The molecule has 1 saturated heterocycles. The summed E-state index contributed by atoms with van der Waals surface area (Å²) in [6, 6.07) is 3.21. The summed E-state index contributed by atoms with van der Waals surface area (Å²) in [5.74, 6) is 0.314. The van der Waals surface area contributed by atoms with E-state index in [1.807, 2.05) is 41.5 Å². The van der Waals surface area contributed by atoms with E-state index in [4.69, 9.17) is 4.74 Å². The zero-order valence-corrected chi connectivity index (χ0v) is 19.8. The zero-order valence-electron chi connectivity index (χ0n) is 19.8. The molecule has 1 aliphatic heterocycles. The van der Waals surface area contributed by atoms with E-state index in [0.717, 1.165) is 19.4 Å². The molecule has 33 heavy (non-hydrogen) atoms. The molecule has 0 spiro atoms. The third-order valence-electron chi connectivity index (χ3n) is 7.10. The maximum atomic E-state index is 13.3. The van der Waals surface area contributed by atoms with Crippen molar-refractivity contribution >= 4 is 17.5 Å². The van der Waals surface area contributed by atoms with E-state index in [1.54, 1.807) is 0 Å². The number of aryl methyl sites for hydroxylation is 1. The molecule has 0 bridgehead atoms. The van der Waals surface area contributed by atoms with Crippen LogP contribution in [0.4, 0.5) is 0 Å². The van der Waals surface area contributed by atoms with Gasteiger partial charge in [-0.15, -0.1) is 0 Å². The van der Waals surface area contributed by atoms with Crippen LogP contribution in [0.15, 0.2) is 18.3 Å². The third-order valence-corrected chi connectivity index (χ3v) is 7.10. The van der Waals surface area contributed by atoms with Crippen LogP contribution >= 0.6 is 0 Å². The van der Waals surface area contributed by atoms with Crippen molar-refractivity contribution in [3.8, 4) is 5.75 Å². The van der Waals surface area contributed by atoms with Crippen LogP contribution in [0.1, 0.15) is 74.5 Å². The molecule has 2 aromatic rings. The van der Waals surface area contributed by atoms with Gasteiger partial charge in [0.25, 0.3) is 5.91 Å². The lowest BCUT2D eigenvalue weighted by Crippen LogP contribution is -2.53. The monoisotopic (exact) mass is 456 g/mol. The molecule has 1 unspecified atom stereocenters. The molecule has 8 heteroatoms. The highest BCUT2D eigenvalue weighted by molar-refractivity contribution is 5.95. The van der Waals surface area contributed by atoms with Gasteiger partial charge in [-0.1, -0.05) is 26.2 Å². The van der Waals surface area contributed by atoms with Crippen LogP contribution in [0, 0.1) is 12.8 Å². The number of amides is 1. The van der Waals surface area contributed by atoms with Crippen LogP contribution in [0.5, 0.6) is 5.75 Å². The number of carbonyl (C=O) groups excluding carboxylic acids is 1. The molecule has 180 valence electrons. The number of likely N-dealkylation sites (tertiary alicyclic amines) is 1. The summed E-state index contributed by atoms with van der Waals surface area (Å²) < 4.78 is 7.97. The van der Waals surface area contributed by atoms with E-state index in [-0.39, 0.29) is 11.9 Å². The third kappa shape index (κ3) is 5.32. The van der Waals surface area contributed by atoms with Crippen LogP contribution in [-0.4, -0.2) is 63.0 Å². The normalized spacial score (nSPS) is 21.1. The molecule has 0 radical (unpaired) electrons. The number of ether oxygens (including phenoxy) is 1. The minimum Gasteiger partial charge on any atom is -0.489 e. The molecule has 1 aliphatic carbocycles. The van der Waals surface area contributed by atoms with Crippen molar-refractivity contribution < 1.29 is 19.4 Å². The van der Waals surface area contributed by atoms with Gasteiger partial charge in [-0.3, -0.25) is 18.9 Å². The van der Waals surface area contributed by atoms with Crippen LogP contribution < -0.4 is 10.1 Å². The van der Waals surface area contributed by atoms with Gasteiger partial charge in [0.2, 0.25) is 0 Å². The Hall–Kier alpha value is -2.61. The molecule has 2 fully saturated rings. The largest absolute Gasteiger partial charge is 0.489 e. The van der Waals surface area contributed by atoms with Crippen molar-refractivity contribution in [2.75, 3.05) is 19.7 Å². The van der Waals surface area contributed by atoms with Gasteiger partial charge in [0, 0.05) is 18.8 Å². The molecular weight excluding hydrogens is 420 g/mol. The molecule has 0 aromatic carbocycles. The van der Waals surface area contributed by atoms with E-state index < -0.39 is 12.0 Å². The number of hydrogen-bond acceptors (Lipinski definition) is 5. The second-order valence-electron chi connectivity index (χ2n) is 9.50. The molecule has 4 rings (SSSR count). The van der Waals surface area contributed by atoms with Crippen molar-refractivity contribution in [2.45, 2.75) is 77.3 Å². The first-order valence-electron chi connectivity index (χ1n) is 12.4. The van der Waals surface area contributed by atoms with Gasteiger partial charge in [0.15, 0.2) is 11.4 Å². The predicted molar refractivity (Wildman–Crippen MR) is 126 cm³/mol. The molecule has 1 saturated carbocycles. The number of rotatable bonds is 8. The molecule has 3 heterocycles. The lowest BCUT2D eigenvalue weighted by Gasteiger charge is -2.36. The second kappa shape index (κ2) is 10.5. The van der Waals surface area contributed by atoms with E-state index in [1.165, 1.54) is 32.1 Å². The summed E-state index contributed by atoms with van der Waals surface area (Å²) in [6.07, 6.45) is 10.4. The summed E-state index contributed by atoms with van der Waals surface area (Å²) in [5.41, 5.74) is 1.83. The Kier molecular flexibility index (Phi) is 7.53. The maximum Gasteiger partial charge on any atom is 0.320 e. The van der Waals surface area contributed by atoms with E-state index >= 15 is 0 Å². The number of piperidine rings is 1. The number of nitrogens with zero attached hydrogens (tertiary/aromatic N) is 3. The van der Waals surface area contributed by atoms with Gasteiger partial charge in [-0.05, 0) is 63.6 Å². The van der Waals surface area contributed by atoms with Crippen molar-refractivity contribution in [1.29, 1.82) is 0 Å². The number of fused-ring (bicyclic) bond motifs is 1. The van der Waals surface area contributed by atoms with Crippen molar-refractivity contribution in [2.24, 2.45) is 5.92 Å². The van der Waals surface area contributed by atoms with Gasteiger partial charge in [0.1, 0.15) is 11.7 Å². The number of carboxylic acids is 1. The minimum atomic E-state index is -0.803. The highest BCUT2D eigenvalue weighted by Crippen LogP contribution is 2.27. The van der Waals surface area contributed by atoms with E-state index in [9.17, 15) is 14.7 Å². The number of aromatic nitrogens is 2. The number of aliphatic carboxylic acids is 1. The Bertz CT molecular complexity index is 982. The summed E-state index contributed by atoms with van der Waals surface area (Å²) in [6.45, 7) is 5.71. The minimum absolute atomic E-state index is 0.0877. The summed E-state index contributed by atoms with van der Waals surface area (Å²) >= 11 is 0. The van der Waals surface area contributed by atoms with Crippen molar-refractivity contribution in [1.82, 2.24) is 19.6 Å². The summed E-state index contributed by atoms with van der Waals surface area (Å²) in [7, 11) is 0. The van der Waals surface area contributed by atoms with Gasteiger partial charge in [0.05, 0.1) is 12.3 Å². The van der Waals surface area contributed by atoms with Crippen molar-refractivity contribution in [3.05, 3.63) is 29.7 Å². The molecule has 2 aromatic heterocycles. The standard InChI is InChI=1S/C25H36N4O4/c1-3-20(25(31)32)28-13-7-11-19(15-28)27-24(30)22-17(2)26-23-21(12-8-14-29(22)23)33-16-18-9-5-4-6-10-18/h8,12,14,18-20H,3-7,9-11,13,15-16H2,1-2H3,(H,27,30)(H,31,32)/t19-,20?/m0/s1. The Labute approximate surface area is 195 Å². The molecule has 2 aliphatic rings. The highest BCUT2D eigenvalue weighted by Gasteiger charge is 2.31. The smallest absolute Gasteiger partial charge is 0.320 e. The van der Waals surface area contributed by atoms with Gasteiger partial charge in [-0.2, -0.15) is 0 Å². The fourth-order valence-corrected chi connectivity index (χ4v) is 5.35. The Balaban J connectivity index is 1.47. The first-order valence-corrected chi connectivity index (χ1v) is 12.4. The van der Waals surface area contributed by atoms with Crippen LogP contribution in [-0.2, 0) is 4.79 Å². The summed E-state index contributed by atoms with van der Waals surface area (Å²) in [5, 5.41) is 12.6. The average molecular weight is 457 g/mol. The van der Waals surface area contributed by atoms with Crippen molar-refractivity contribution in [3.63, 3.8) is 0 Å². The number of imidazole rings is 1. The van der Waals surface area contributed by atoms with E-state index in [2.05, 4.69) is 10.3 Å². The number of pyridine rings is 1. The van der Waals surface area contributed by atoms with E-state index in [0.29, 0.717) is 48.3 Å². The highest BCUT2D eigenvalue weighted by atomic mass is 16.5. The zero-order chi connectivity index (χ0) is 23.4. The SMILES string of the molecule is CCC(C(=O)O)N1CCC[C@H](NC(=O)c2c(C)nc3c(OCC4CCCCC4)cccn23)C1. The first kappa shape index (κ1) is 23.5. The van der Waals surface area contributed by atoms with Crippen LogP contribution in [0.2, 0.25) is 0 Å². The predicted octanol–water partition coefficient (Wildman–Crippen LogP) is 3.66. The number of nitrogens with one attached hydrogen (secondary N) is 1. The van der Waals surface area contributed by atoms with Crippen LogP contribution in [0.25, 0.3) is 5.65 Å². The number of hydrogen-bond donors (Lipinski definition) is 2. The lowest BCUT2D eigenvalue weighted by atomic mass is 9.90. The molecule has 1 amide bonds. The molecule has 2 N–H and O–H groups in total. The number of carboxylic acid groups (broad SMARTS) is 1. The quantitative estimate of drug-likeness (QED) is 0.629. The van der Waals surface area contributed by atoms with Gasteiger partial charge in [-0.25, -0.2) is 4.98 Å². The van der Waals surface area contributed by atoms with Gasteiger partial charge < -0.3 is 15.2 Å². The Morgan fingerprint density at radius 3 is 2.76 bits per heavy atom. The summed E-state index contributed by atoms with van der Waals surface area (Å²) in [4.78, 5) is 31.5. The Morgan fingerprint density at radius 1 is 1.24 bits per heavy atom. The number of carbonyl (C=O) groups is 2. The topological polar surface area (TPSA) is 96.2 Å². The van der Waals surface area contributed by atoms with Gasteiger partial charge >= 0.3 is 5.97 Å².